The Morgan fingerprint density at radius 3 is 2.59 bits per heavy atom. The monoisotopic (exact) mass is 306 g/mol. The van der Waals surface area contributed by atoms with Crippen LogP contribution in [0, 0.1) is 5.82 Å². The van der Waals surface area contributed by atoms with Gasteiger partial charge in [0, 0.05) is 19.5 Å². The lowest BCUT2D eigenvalue weighted by Gasteiger charge is -2.29. The highest BCUT2D eigenvalue weighted by molar-refractivity contribution is 5.87. The summed E-state index contributed by atoms with van der Waals surface area (Å²) in [6, 6.07) is 5.91. The van der Waals surface area contributed by atoms with E-state index in [0.29, 0.717) is 12.0 Å². The van der Waals surface area contributed by atoms with E-state index in [4.69, 9.17) is 0 Å². The standard InChI is InChI=1S/C17H23FN2O2/c1-13(17(22)20-11-5-2-6-12-20)19-16(21)10-9-14-7-3-4-8-15(14)18/h3-4,7-8,13H,2,5-6,9-12H2,1H3,(H,19,21). The summed E-state index contributed by atoms with van der Waals surface area (Å²) in [4.78, 5) is 25.9. The predicted octanol–water partition coefficient (Wildman–Crippen LogP) is 2.28. The van der Waals surface area contributed by atoms with Crippen molar-refractivity contribution in [3.8, 4) is 0 Å². The second-order valence-electron chi connectivity index (χ2n) is 5.77. The van der Waals surface area contributed by atoms with Crippen LogP contribution in [0.4, 0.5) is 4.39 Å². The van der Waals surface area contributed by atoms with E-state index < -0.39 is 6.04 Å². The quantitative estimate of drug-likeness (QED) is 0.907. The van der Waals surface area contributed by atoms with Gasteiger partial charge in [-0.15, -0.1) is 0 Å². The van der Waals surface area contributed by atoms with E-state index in [9.17, 15) is 14.0 Å². The van der Waals surface area contributed by atoms with Crippen LogP contribution in [0.2, 0.25) is 0 Å². The predicted molar refractivity (Wildman–Crippen MR) is 82.8 cm³/mol. The molecule has 1 aliphatic heterocycles. The van der Waals surface area contributed by atoms with Gasteiger partial charge in [-0.05, 0) is 44.2 Å². The molecule has 1 fully saturated rings. The van der Waals surface area contributed by atoms with Crippen molar-refractivity contribution in [2.24, 2.45) is 0 Å². The van der Waals surface area contributed by atoms with Crippen LogP contribution in [0.25, 0.3) is 0 Å². The van der Waals surface area contributed by atoms with Gasteiger partial charge in [-0.3, -0.25) is 9.59 Å². The van der Waals surface area contributed by atoms with E-state index in [1.54, 1.807) is 25.1 Å². The fraction of sp³-hybridized carbons (Fsp3) is 0.529. The zero-order valence-electron chi connectivity index (χ0n) is 13.0. The average Bonchev–Trinajstić information content (AvgIpc) is 2.54. The van der Waals surface area contributed by atoms with Gasteiger partial charge in [0.05, 0.1) is 0 Å². The second-order valence-corrected chi connectivity index (χ2v) is 5.77. The molecular formula is C17H23FN2O2. The number of likely N-dealkylation sites (tertiary alicyclic amines) is 1. The van der Waals surface area contributed by atoms with Gasteiger partial charge in [-0.25, -0.2) is 4.39 Å². The number of hydrogen-bond donors (Lipinski definition) is 1. The molecule has 5 heteroatoms. The lowest BCUT2D eigenvalue weighted by molar-refractivity contribution is -0.136. The second kappa shape index (κ2) is 7.92. The van der Waals surface area contributed by atoms with Crippen LogP contribution in [0.5, 0.6) is 0 Å². The Balaban J connectivity index is 1.78. The summed E-state index contributed by atoms with van der Waals surface area (Å²) >= 11 is 0. The molecule has 0 saturated carbocycles. The Labute approximate surface area is 130 Å². The molecule has 1 aliphatic rings. The molecule has 2 amide bonds. The Kier molecular flexibility index (Phi) is 5.92. The number of benzene rings is 1. The molecule has 1 unspecified atom stereocenters. The maximum absolute atomic E-state index is 13.5. The molecule has 0 spiro atoms. The highest BCUT2D eigenvalue weighted by Gasteiger charge is 2.23. The fourth-order valence-electron chi connectivity index (χ4n) is 2.71. The van der Waals surface area contributed by atoms with Crippen LogP contribution in [0.1, 0.15) is 38.2 Å². The molecule has 1 aromatic rings. The Morgan fingerprint density at radius 1 is 1.23 bits per heavy atom. The van der Waals surface area contributed by atoms with Gasteiger partial charge in [-0.1, -0.05) is 18.2 Å². The molecule has 4 nitrogen and oxygen atoms in total. The van der Waals surface area contributed by atoms with E-state index in [0.717, 1.165) is 32.4 Å². The zero-order valence-corrected chi connectivity index (χ0v) is 13.0. The van der Waals surface area contributed by atoms with Gasteiger partial charge in [0.2, 0.25) is 11.8 Å². The topological polar surface area (TPSA) is 49.4 Å². The number of rotatable bonds is 5. The molecule has 1 N–H and O–H groups in total. The summed E-state index contributed by atoms with van der Waals surface area (Å²) in [5.74, 6) is -0.548. The van der Waals surface area contributed by atoms with E-state index in [2.05, 4.69) is 5.32 Å². The molecule has 0 aromatic heterocycles. The largest absolute Gasteiger partial charge is 0.345 e. The summed E-state index contributed by atoms with van der Waals surface area (Å²) in [5.41, 5.74) is 0.521. The first-order chi connectivity index (χ1) is 10.6. The Hall–Kier alpha value is -1.91. The first kappa shape index (κ1) is 16.5. The smallest absolute Gasteiger partial charge is 0.244 e. The minimum Gasteiger partial charge on any atom is -0.345 e. The summed E-state index contributed by atoms with van der Waals surface area (Å²) in [6.07, 6.45) is 3.73. The third-order valence-electron chi connectivity index (χ3n) is 3.99. The summed E-state index contributed by atoms with van der Waals surface area (Å²) in [5, 5.41) is 2.71. The third kappa shape index (κ3) is 4.55. The molecule has 0 bridgehead atoms. The maximum Gasteiger partial charge on any atom is 0.244 e. The van der Waals surface area contributed by atoms with Crippen molar-refractivity contribution in [3.63, 3.8) is 0 Å². The van der Waals surface area contributed by atoms with Crippen molar-refractivity contribution in [1.29, 1.82) is 0 Å². The van der Waals surface area contributed by atoms with E-state index in [-0.39, 0.29) is 24.1 Å². The van der Waals surface area contributed by atoms with E-state index in [1.165, 1.54) is 6.07 Å². The van der Waals surface area contributed by atoms with Crippen LogP contribution >= 0.6 is 0 Å². The summed E-state index contributed by atoms with van der Waals surface area (Å²) < 4.78 is 13.5. The number of piperidine rings is 1. The zero-order chi connectivity index (χ0) is 15.9. The minimum atomic E-state index is -0.522. The summed E-state index contributed by atoms with van der Waals surface area (Å²) in [7, 11) is 0. The van der Waals surface area contributed by atoms with Gasteiger partial charge in [0.1, 0.15) is 11.9 Å². The molecule has 1 saturated heterocycles. The van der Waals surface area contributed by atoms with Crippen molar-refractivity contribution < 1.29 is 14.0 Å². The molecule has 0 aliphatic carbocycles. The van der Waals surface area contributed by atoms with E-state index in [1.807, 2.05) is 4.90 Å². The number of nitrogens with zero attached hydrogens (tertiary/aromatic N) is 1. The highest BCUT2D eigenvalue weighted by Crippen LogP contribution is 2.11. The SMILES string of the molecule is CC(NC(=O)CCc1ccccc1F)C(=O)N1CCCCC1. The van der Waals surface area contributed by atoms with Crippen molar-refractivity contribution in [3.05, 3.63) is 35.6 Å². The molecular weight excluding hydrogens is 283 g/mol. The van der Waals surface area contributed by atoms with Crippen LogP contribution in [-0.2, 0) is 16.0 Å². The lowest BCUT2D eigenvalue weighted by Crippen LogP contribution is -2.48. The van der Waals surface area contributed by atoms with Gasteiger partial charge in [-0.2, -0.15) is 0 Å². The highest BCUT2D eigenvalue weighted by atomic mass is 19.1. The molecule has 2 rings (SSSR count). The van der Waals surface area contributed by atoms with Gasteiger partial charge in [0.15, 0.2) is 0 Å². The number of carbonyl (C=O) groups excluding carboxylic acids is 2. The first-order valence-electron chi connectivity index (χ1n) is 7.89. The molecule has 22 heavy (non-hydrogen) atoms. The third-order valence-corrected chi connectivity index (χ3v) is 3.99. The van der Waals surface area contributed by atoms with Gasteiger partial charge < -0.3 is 10.2 Å². The van der Waals surface area contributed by atoms with Gasteiger partial charge >= 0.3 is 0 Å². The van der Waals surface area contributed by atoms with Crippen molar-refractivity contribution in [2.75, 3.05) is 13.1 Å². The number of amides is 2. The fourth-order valence-corrected chi connectivity index (χ4v) is 2.71. The van der Waals surface area contributed by atoms with Crippen molar-refractivity contribution >= 4 is 11.8 Å². The number of nitrogens with one attached hydrogen (secondary N) is 1. The normalized spacial score (nSPS) is 16.2. The molecule has 1 heterocycles. The average molecular weight is 306 g/mol. The summed E-state index contributed by atoms with van der Waals surface area (Å²) in [6.45, 7) is 3.25. The first-order valence-corrected chi connectivity index (χ1v) is 7.89. The van der Waals surface area contributed by atoms with Crippen LogP contribution in [0.3, 0.4) is 0 Å². The minimum absolute atomic E-state index is 0.0288. The molecule has 1 aromatic carbocycles. The molecule has 120 valence electrons. The molecule has 1 atom stereocenters. The number of hydrogen-bond acceptors (Lipinski definition) is 2. The van der Waals surface area contributed by atoms with E-state index >= 15 is 0 Å². The molecule has 0 radical (unpaired) electrons. The number of aryl methyl sites for hydroxylation is 1. The Bertz CT molecular complexity index is 527. The Morgan fingerprint density at radius 2 is 1.91 bits per heavy atom. The maximum atomic E-state index is 13.5. The van der Waals surface area contributed by atoms with Crippen molar-refractivity contribution in [2.45, 2.75) is 45.1 Å². The number of halogens is 1. The van der Waals surface area contributed by atoms with Crippen LogP contribution in [-0.4, -0.2) is 35.8 Å². The van der Waals surface area contributed by atoms with Crippen LogP contribution in [0.15, 0.2) is 24.3 Å². The van der Waals surface area contributed by atoms with Gasteiger partial charge in [0.25, 0.3) is 0 Å². The number of carbonyl (C=O) groups is 2. The lowest BCUT2D eigenvalue weighted by atomic mass is 10.1. The van der Waals surface area contributed by atoms with Crippen molar-refractivity contribution in [1.82, 2.24) is 10.2 Å². The van der Waals surface area contributed by atoms with Crippen LogP contribution < -0.4 is 5.32 Å².